The molecular formula is C21H18N2O3S2. The maximum Gasteiger partial charge on any atom is 0.408 e. The lowest BCUT2D eigenvalue weighted by molar-refractivity contribution is -0.118. The summed E-state index contributed by atoms with van der Waals surface area (Å²) in [6, 6.07) is 20.3. The average Bonchev–Trinajstić information content (AvgIpc) is 3.21. The van der Waals surface area contributed by atoms with Gasteiger partial charge in [0, 0.05) is 9.77 Å². The third kappa shape index (κ3) is 4.21. The molecule has 3 aromatic rings. The zero-order valence-corrected chi connectivity index (χ0v) is 16.5. The first-order valence-corrected chi connectivity index (χ1v) is 10.5. The summed E-state index contributed by atoms with van der Waals surface area (Å²) >= 11 is 3.12. The molecule has 2 N–H and O–H groups in total. The summed E-state index contributed by atoms with van der Waals surface area (Å²) in [5.41, 5.74) is 1.64. The predicted molar refractivity (Wildman–Crippen MR) is 112 cm³/mol. The van der Waals surface area contributed by atoms with Crippen LogP contribution in [0.5, 0.6) is 0 Å². The van der Waals surface area contributed by atoms with E-state index in [1.54, 1.807) is 23.1 Å². The Labute approximate surface area is 171 Å². The lowest BCUT2D eigenvalue weighted by atomic mass is 10.1. The zero-order chi connectivity index (χ0) is 19.3. The van der Waals surface area contributed by atoms with E-state index in [9.17, 15) is 9.59 Å². The molecule has 0 fully saturated rings. The van der Waals surface area contributed by atoms with Gasteiger partial charge in [-0.3, -0.25) is 4.79 Å². The van der Waals surface area contributed by atoms with Gasteiger partial charge in [0.2, 0.25) is 5.91 Å². The highest BCUT2D eigenvalue weighted by Gasteiger charge is 2.36. The van der Waals surface area contributed by atoms with Crippen LogP contribution >= 0.6 is 23.1 Å². The minimum absolute atomic E-state index is 0.151. The van der Waals surface area contributed by atoms with E-state index in [0.717, 1.165) is 21.0 Å². The first kappa shape index (κ1) is 18.6. The van der Waals surface area contributed by atoms with Gasteiger partial charge < -0.3 is 15.4 Å². The van der Waals surface area contributed by atoms with E-state index >= 15 is 0 Å². The number of anilines is 1. The first-order valence-electron chi connectivity index (χ1n) is 8.78. The van der Waals surface area contributed by atoms with E-state index < -0.39 is 12.1 Å². The fraction of sp³-hybridized carbons (Fsp3) is 0.143. The number of rotatable bonds is 4. The topological polar surface area (TPSA) is 67.4 Å². The monoisotopic (exact) mass is 410 g/mol. The van der Waals surface area contributed by atoms with E-state index in [0.29, 0.717) is 0 Å². The van der Waals surface area contributed by atoms with Crippen molar-refractivity contribution in [1.29, 1.82) is 0 Å². The van der Waals surface area contributed by atoms with Crippen molar-refractivity contribution in [3.8, 4) is 0 Å². The maximum absolute atomic E-state index is 12.9. The summed E-state index contributed by atoms with van der Waals surface area (Å²) in [7, 11) is 0. The van der Waals surface area contributed by atoms with E-state index in [2.05, 4.69) is 10.6 Å². The third-order valence-electron chi connectivity index (χ3n) is 4.29. The number of thioether (sulfide) groups is 1. The predicted octanol–water partition coefficient (Wildman–Crippen LogP) is 4.83. The number of nitrogens with one attached hydrogen (secondary N) is 2. The molecule has 0 unspecified atom stereocenters. The maximum atomic E-state index is 12.9. The number of thiophene rings is 1. The standard InChI is InChI=1S/C21H18N2O3S2/c24-20-18(23-21(25)26-13-14-7-2-1-3-8-14)19(17-11-6-12-27-17)28-16-10-5-4-9-15(16)22-20/h1-12,18-19H,13H2,(H,22,24)(H,23,25)/t18-,19+/m1/s1. The Morgan fingerprint density at radius 2 is 1.82 bits per heavy atom. The van der Waals surface area contributed by atoms with Crippen LogP contribution < -0.4 is 10.6 Å². The number of carbonyl (C=O) groups excluding carboxylic acids is 2. The highest BCUT2D eigenvalue weighted by Crippen LogP contribution is 2.45. The number of para-hydroxylation sites is 1. The van der Waals surface area contributed by atoms with Gasteiger partial charge in [0.1, 0.15) is 12.6 Å². The Kier molecular flexibility index (Phi) is 5.64. The smallest absolute Gasteiger partial charge is 0.408 e. The molecule has 2 aromatic carbocycles. The Morgan fingerprint density at radius 3 is 2.61 bits per heavy atom. The van der Waals surface area contributed by atoms with Crippen molar-refractivity contribution < 1.29 is 14.3 Å². The number of alkyl carbamates (subject to hydrolysis) is 1. The first-order chi connectivity index (χ1) is 13.7. The van der Waals surface area contributed by atoms with Crippen LogP contribution in [0.3, 0.4) is 0 Å². The summed E-state index contributed by atoms with van der Waals surface area (Å²) < 4.78 is 5.33. The minimum Gasteiger partial charge on any atom is -0.445 e. The Bertz CT molecular complexity index is 961. The van der Waals surface area contributed by atoms with Gasteiger partial charge in [-0.05, 0) is 29.1 Å². The molecule has 5 nitrogen and oxygen atoms in total. The van der Waals surface area contributed by atoms with E-state index in [1.807, 2.05) is 72.1 Å². The quantitative estimate of drug-likeness (QED) is 0.647. The van der Waals surface area contributed by atoms with Gasteiger partial charge in [-0.25, -0.2) is 4.79 Å². The Balaban J connectivity index is 1.53. The molecule has 0 saturated carbocycles. The van der Waals surface area contributed by atoms with Gasteiger partial charge in [0.05, 0.1) is 10.9 Å². The van der Waals surface area contributed by atoms with Crippen LogP contribution in [0.1, 0.15) is 15.7 Å². The molecule has 0 aliphatic carbocycles. The molecule has 2 atom stereocenters. The fourth-order valence-electron chi connectivity index (χ4n) is 2.93. The van der Waals surface area contributed by atoms with Crippen LogP contribution in [0.15, 0.2) is 77.0 Å². The number of benzene rings is 2. The molecule has 1 aliphatic rings. The second-order valence-corrected chi connectivity index (χ2v) is 8.39. The molecule has 0 spiro atoms. The fourth-order valence-corrected chi connectivity index (χ4v) is 5.19. The average molecular weight is 411 g/mol. The van der Waals surface area contributed by atoms with Crippen molar-refractivity contribution >= 4 is 40.8 Å². The van der Waals surface area contributed by atoms with Crippen molar-refractivity contribution in [3.63, 3.8) is 0 Å². The van der Waals surface area contributed by atoms with Gasteiger partial charge in [0.25, 0.3) is 0 Å². The van der Waals surface area contributed by atoms with Crippen molar-refractivity contribution in [2.24, 2.45) is 0 Å². The summed E-state index contributed by atoms with van der Waals surface area (Å²) in [5, 5.41) is 7.41. The van der Waals surface area contributed by atoms with Crippen LogP contribution in [-0.2, 0) is 16.1 Å². The van der Waals surface area contributed by atoms with Crippen molar-refractivity contribution in [1.82, 2.24) is 5.32 Å². The molecular weight excluding hydrogens is 392 g/mol. The summed E-state index contributed by atoms with van der Waals surface area (Å²) in [6.07, 6.45) is -0.614. The lowest BCUT2D eigenvalue weighted by Crippen LogP contribution is -2.46. The van der Waals surface area contributed by atoms with E-state index in [4.69, 9.17) is 4.74 Å². The second-order valence-electron chi connectivity index (χ2n) is 6.22. The van der Waals surface area contributed by atoms with Gasteiger partial charge >= 0.3 is 6.09 Å². The number of fused-ring (bicyclic) bond motifs is 1. The molecule has 7 heteroatoms. The molecule has 1 aliphatic heterocycles. The SMILES string of the molecule is O=C(N[C@H]1C(=O)Nc2ccccc2S[C@H]1c1cccs1)OCc1ccccc1. The molecule has 0 radical (unpaired) electrons. The number of carbonyl (C=O) groups is 2. The number of hydrogen-bond donors (Lipinski definition) is 2. The number of amides is 2. The van der Waals surface area contributed by atoms with Crippen LogP contribution in [0.4, 0.5) is 10.5 Å². The molecule has 0 saturated heterocycles. The van der Waals surface area contributed by atoms with Gasteiger partial charge in [0.15, 0.2) is 0 Å². The molecule has 2 heterocycles. The summed E-state index contributed by atoms with van der Waals surface area (Å²) in [5.74, 6) is -0.257. The van der Waals surface area contributed by atoms with Gasteiger partial charge in [-0.1, -0.05) is 48.5 Å². The molecule has 28 heavy (non-hydrogen) atoms. The number of hydrogen-bond acceptors (Lipinski definition) is 5. The summed E-state index contributed by atoms with van der Waals surface area (Å²) in [6.45, 7) is 0.151. The van der Waals surface area contributed by atoms with Crippen LogP contribution in [-0.4, -0.2) is 18.0 Å². The normalized spacial score (nSPS) is 18.5. The molecule has 142 valence electrons. The third-order valence-corrected chi connectivity index (χ3v) is 6.79. The second kappa shape index (κ2) is 8.50. The van der Waals surface area contributed by atoms with Crippen LogP contribution in [0, 0.1) is 0 Å². The zero-order valence-electron chi connectivity index (χ0n) is 14.8. The summed E-state index contributed by atoms with van der Waals surface area (Å²) in [4.78, 5) is 27.3. The molecule has 0 bridgehead atoms. The molecule has 1 aromatic heterocycles. The highest BCUT2D eigenvalue weighted by atomic mass is 32.2. The minimum atomic E-state index is -0.751. The molecule has 4 rings (SSSR count). The lowest BCUT2D eigenvalue weighted by Gasteiger charge is -2.23. The van der Waals surface area contributed by atoms with Gasteiger partial charge in [-0.2, -0.15) is 0 Å². The Hall–Kier alpha value is -2.77. The van der Waals surface area contributed by atoms with Crippen LogP contribution in [0.2, 0.25) is 0 Å². The Morgan fingerprint density at radius 1 is 1.04 bits per heavy atom. The van der Waals surface area contributed by atoms with Gasteiger partial charge in [-0.15, -0.1) is 23.1 Å². The number of ether oxygens (including phenoxy) is 1. The van der Waals surface area contributed by atoms with Crippen molar-refractivity contribution in [2.75, 3.05) is 5.32 Å². The van der Waals surface area contributed by atoms with Crippen LogP contribution in [0.25, 0.3) is 0 Å². The van der Waals surface area contributed by atoms with Crippen molar-refractivity contribution in [2.45, 2.75) is 22.8 Å². The van der Waals surface area contributed by atoms with E-state index in [1.165, 1.54) is 0 Å². The highest BCUT2D eigenvalue weighted by molar-refractivity contribution is 8.00. The van der Waals surface area contributed by atoms with E-state index in [-0.39, 0.29) is 17.8 Å². The molecule has 2 amide bonds. The van der Waals surface area contributed by atoms with Crippen molar-refractivity contribution in [3.05, 3.63) is 82.6 Å². The largest absolute Gasteiger partial charge is 0.445 e.